The van der Waals surface area contributed by atoms with E-state index < -0.39 is 0 Å². The molecule has 2 saturated carbocycles. The minimum Gasteiger partial charge on any atom is -0.493 e. The van der Waals surface area contributed by atoms with E-state index in [1.54, 1.807) is 5.56 Å². The highest BCUT2D eigenvalue weighted by molar-refractivity contribution is 5.83. The Morgan fingerprint density at radius 2 is 1.72 bits per heavy atom. The number of carbonyl (C=O) groups excluding carboxylic acids is 1. The average Bonchev–Trinajstić information content (AvgIpc) is 3.50. The minimum absolute atomic E-state index is 0.458. The molecule has 0 unspecified atom stereocenters. The smallest absolute Gasteiger partial charge is 0.136 e. The molecular weight excluding hydrogens is 358 g/mol. The molecule has 3 fully saturated rings. The number of ether oxygens (including phenoxy) is 1. The summed E-state index contributed by atoms with van der Waals surface area (Å²) in [6, 6.07) is 6.66. The largest absolute Gasteiger partial charge is 0.493 e. The summed E-state index contributed by atoms with van der Waals surface area (Å²) in [6.45, 7) is 4.64. The number of hydrogen-bond donors (Lipinski definition) is 0. The van der Waals surface area contributed by atoms with Crippen LogP contribution in [0.3, 0.4) is 0 Å². The van der Waals surface area contributed by atoms with Gasteiger partial charge in [0.1, 0.15) is 11.5 Å². The van der Waals surface area contributed by atoms with E-state index in [4.69, 9.17) is 4.74 Å². The van der Waals surface area contributed by atoms with Gasteiger partial charge in [-0.3, -0.25) is 4.79 Å². The van der Waals surface area contributed by atoms with E-state index in [0.29, 0.717) is 17.6 Å². The van der Waals surface area contributed by atoms with Crippen LogP contribution in [0, 0.1) is 17.8 Å². The van der Waals surface area contributed by atoms with E-state index in [-0.39, 0.29) is 0 Å². The first-order chi connectivity index (χ1) is 14.3. The number of Topliss-reactive ketones (excluding diaryl/α,β-unsaturated/α-hetero) is 1. The highest BCUT2D eigenvalue weighted by Crippen LogP contribution is 2.39. The third-order valence-electron chi connectivity index (χ3n) is 8.15. The Hall–Kier alpha value is -1.35. The summed E-state index contributed by atoms with van der Waals surface area (Å²) in [5.74, 6) is 4.50. The molecule has 1 aromatic rings. The van der Waals surface area contributed by atoms with Gasteiger partial charge in [0.05, 0.1) is 6.61 Å². The van der Waals surface area contributed by atoms with Crippen LogP contribution in [0.2, 0.25) is 0 Å². The van der Waals surface area contributed by atoms with Gasteiger partial charge in [0.15, 0.2) is 0 Å². The first kappa shape index (κ1) is 19.6. The molecule has 1 aromatic carbocycles. The molecule has 2 aliphatic carbocycles. The van der Waals surface area contributed by atoms with E-state index in [2.05, 4.69) is 23.1 Å². The summed E-state index contributed by atoms with van der Waals surface area (Å²) >= 11 is 0. The second kappa shape index (κ2) is 8.79. The fourth-order valence-electron chi connectivity index (χ4n) is 6.04. The summed E-state index contributed by atoms with van der Waals surface area (Å²) in [7, 11) is 0. The van der Waals surface area contributed by atoms with E-state index in [1.165, 1.54) is 83.0 Å². The number of rotatable bonds is 7. The summed E-state index contributed by atoms with van der Waals surface area (Å²) in [6.07, 6.45) is 13.6. The van der Waals surface area contributed by atoms with Gasteiger partial charge in [-0.1, -0.05) is 25.0 Å². The summed E-state index contributed by atoms with van der Waals surface area (Å²) in [5.41, 5.74) is 3.06. The van der Waals surface area contributed by atoms with Gasteiger partial charge in [-0.25, -0.2) is 0 Å². The molecule has 2 aliphatic heterocycles. The van der Waals surface area contributed by atoms with Crippen molar-refractivity contribution in [2.75, 3.05) is 26.2 Å². The SMILES string of the molecule is O=C(CC1CCC(CCN2CCC(c3cccc4c3CCO4)CC2)CC1)C1CC1. The van der Waals surface area contributed by atoms with Crippen LogP contribution >= 0.6 is 0 Å². The molecule has 0 bridgehead atoms. The lowest BCUT2D eigenvalue weighted by Gasteiger charge is -2.35. The van der Waals surface area contributed by atoms with Crippen LogP contribution in [-0.2, 0) is 11.2 Å². The zero-order valence-electron chi connectivity index (χ0n) is 17.9. The molecule has 29 heavy (non-hydrogen) atoms. The molecule has 3 nitrogen and oxygen atoms in total. The van der Waals surface area contributed by atoms with Crippen LogP contribution in [0.15, 0.2) is 18.2 Å². The molecule has 0 radical (unpaired) electrons. The number of benzene rings is 1. The Morgan fingerprint density at radius 3 is 2.48 bits per heavy atom. The first-order valence-electron chi connectivity index (χ1n) is 12.3. The lowest BCUT2D eigenvalue weighted by molar-refractivity contribution is -0.121. The number of carbonyl (C=O) groups is 1. The molecule has 158 valence electrons. The van der Waals surface area contributed by atoms with Crippen molar-refractivity contribution in [1.82, 2.24) is 4.90 Å². The second-order valence-electron chi connectivity index (χ2n) is 10.2. The number of fused-ring (bicyclic) bond motifs is 1. The zero-order valence-corrected chi connectivity index (χ0v) is 17.9. The number of ketones is 1. The number of nitrogens with zero attached hydrogens (tertiary/aromatic N) is 1. The Labute approximate surface area is 176 Å². The maximum Gasteiger partial charge on any atom is 0.136 e. The van der Waals surface area contributed by atoms with Gasteiger partial charge in [0.25, 0.3) is 0 Å². The standard InChI is InChI=1S/C26H37NO2/c28-25(22-8-9-22)18-20-6-4-19(5-7-20)10-14-27-15-11-21(12-16-27)23-2-1-3-26-24(23)13-17-29-26/h1-3,19-22H,4-18H2. The molecule has 0 aromatic heterocycles. The van der Waals surface area contributed by atoms with Crippen molar-refractivity contribution >= 4 is 5.78 Å². The van der Waals surface area contributed by atoms with E-state index in [1.807, 2.05) is 0 Å². The monoisotopic (exact) mass is 395 g/mol. The summed E-state index contributed by atoms with van der Waals surface area (Å²) in [5, 5.41) is 0. The number of hydrogen-bond acceptors (Lipinski definition) is 3. The van der Waals surface area contributed by atoms with Crippen LogP contribution in [0.1, 0.15) is 81.3 Å². The molecule has 0 N–H and O–H groups in total. The molecule has 2 heterocycles. The second-order valence-corrected chi connectivity index (χ2v) is 10.2. The Bertz CT molecular complexity index is 709. The topological polar surface area (TPSA) is 29.5 Å². The van der Waals surface area contributed by atoms with Crippen molar-refractivity contribution in [2.45, 2.75) is 76.5 Å². The maximum atomic E-state index is 12.1. The third kappa shape index (κ3) is 4.71. The van der Waals surface area contributed by atoms with Crippen molar-refractivity contribution in [3.05, 3.63) is 29.3 Å². The lowest BCUT2D eigenvalue weighted by atomic mass is 9.78. The Morgan fingerprint density at radius 1 is 0.966 bits per heavy atom. The predicted octanol–water partition coefficient (Wildman–Crippen LogP) is 5.37. The van der Waals surface area contributed by atoms with Crippen LogP contribution in [0.4, 0.5) is 0 Å². The molecule has 0 amide bonds. The minimum atomic E-state index is 0.458. The van der Waals surface area contributed by atoms with E-state index in [9.17, 15) is 4.79 Å². The molecule has 3 heteroatoms. The lowest BCUT2D eigenvalue weighted by Crippen LogP contribution is -2.35. The normalized spacial score (nSPS) is 28.1. The Balaban J connectivity index is 1.03. The van der Waals surface area contributed by atoms with Crippen LogP contribution in [-0.4, -0.2) is 36.9 Å². The van der Waals surface area contributed by atoms with Crippen LogP contribution < -0.4 is 4.74 Å². The molecule has 5 rings (SSSR count). The van der Waals surface area contributed by atoms with Crippen LogP contribution in [0.5, 0.6) is 5.75 Å². The van der Waals surface area contributed by atoms with Gasteiger partial charge in [-0.2, -0.15) is 0 Å². The highest BCUT2D eigenvalue weighted by atomic mass is 16.5. The van der Waals surface area contributed by atoms with Crippen molar-refractivity contribution in [2.24, 2.45) is 17.8 Å². The number of piperidine rings is 1. The van der Waals surface area contributed by atoms with Gasteiger partial charge in [0, 0.05) is 24.3 Å². The van der Waals surface area contributed by atoms with Gasteiger partial charge < -0.3 is 9.64 Å². The zero-order chi connectivity index (χ0) is 19.6. The molecular formula is C26H37NO2. The van der Waals surface area contributed by atoms with E-state index >= 15 is 0 Å². The quantitative estimate of drug-likeness (QED) is 0.622. The predicted molar refractivity (Wildman–Crippen MR) is 116 cm³/mol. The van der Waals surface area contributed by atoms with Gasteiger partial charge in [-0.15, -0.1) is 0 Å². The van der Waals surface area contributed by atoms with Gasteiger partial charge in [-0.05, 0) is 94.0 Å². The number of likely N-dealkylation sites (tertiary alicyclic amines) is 1. The molecule has 1 saturated heterocycles. The molecule has 0 spiro atoms. The average molecular weight is 396 g/mol. The van der Waals surface area contributed by atoms with Crippen molar-refractivity contribution in [3.8, 4) is 5.75 Å². The van der Waals surface area contributed by atoms with Gasteiger partial charge in [0.2, 0.25) is 0 Å². The van der Waals surface area contributed by atoms with Crippen molar-refractivity contribution in [1.29, 1.82) is 0 Å². The fraction of sp³-hybridized carbons (Fsp3) is 0.731. The first-order valence-corrected chi connectivity index (χ1v) is 12.3. The molecule has 4 aliphatic rings. The summed E-state index contributed by atoms with van der Waals surface area (Å²) in [4.78, 5) is 14.8. The maximum absolute atomic E-state index is 12.1. The molecule has 0 atom stereocenters. The van der Waals surface area contributed by atoms with Crippen molar-refractivity contribution in [3.63, 3.8) is 0 Å². The van der Waals surface area contributed by atoms with Gasteiger partial charge >= 0.3 is 0 Å². The van der Waals surface area contributed by atoms with Crippen LogP contribution in [0.25, 0.3) is 0 Å². The fourth-order valence-corrected chi connectivity index (χ4v) is 6.04. The third-order valence-corrected chi connectivity index (χ3v) is 8.15. The van der Waals surface area contributed by atoms with Crippen molar-refractivity contribution < 1.29 is 9.53 Å². The Kier molecular flexibility index (Phi) is 5.95. The highest BCUT2D eigenvalue weighted by Gasteiger charge is 2.32. The van der Waals surface area contributed by atoms with E-state index in [0.717, 1.165) is 37.0 Å². The summed E-state index contributed by atoms with van der Waals surface area (Å²) < 4.78 is 5.77.